The largest absolute Gasteiger partial charge is 0.476 e. The molecule has 2 amide bonds. The zero-order chi connectivity index (χ0) is 36.0. The predicted molar refractivity (Wildman–Crippen MR) is 156 cm³/mol. The molecule has 21 heteroatoms. The van der Waals surface area contributed by atoms with Crippen molar-refractivity contribution >= 4 is 29.3 Å². The van der Waals surface area contributed by atoms with Gasteiger partial charge in [0.1, 0.15) is 42.0 Å². The van der Waals surface area contributed by atoms with E-state index in [4.69, 9.17) is 14.2 Å². The molecule has 1 saturated heterocycles. The first-order chi connectivity index (χ1) is 23.1. The number of nitro benzene ring substituents is 1. The minimum absolute atomic E-state index is 0.0365. The van der Waals surface area contributed by atoms with E-state index in [9.17, 15) is 58.8 Å². The molecular formula is C28H30F2N6O13. The predicted octanol–water partition coefficient (Wildman–Crippen LogP) is 0.390. The molecule has 1 aliphatic heterocycles. The molecular weight excluding hydrogens is 666 g/mol. The van der Waals surface area contributed by atoms with Crippen LogP contribution in [0.15, 0.2) is 48.7 Å². The maximum Gasteiger partial charge on any atom is 0.412 e. The topological polar surface area (TPSA) is 278 Å². The number of carbonyl (C=O) groups is 3. The number of carbonyl (C=O) groups excluding carboxylic acids is 2. The van der Waals surface area contributed by atoms with Crippen molar-refractivity contribution in [2.45, 2.75) is 62.6 Å². The first-order valence-electron chi connectivity index (χ1n) is 14.2. The van der Waals surface area contributed by atoms with E-state index in [1.165, 1.54) is 36.5 Å². The third-order valence-corrected chi connectivity index (χ3v) is 7.18. The molecule has 2 aromatic carbocycles. The molecule has 19 nitrogen and oxygen atoms in total. The molecule has 3 aromatic rings. The third kappa shape index (κ3) is 8.39. The summed E-state index contributed by atoms with van der Waals surface area (Å²) < 4.78 is 45.6. The minimum atomic E-state index is -3.28. The molecule has 0 bridgehead atoms. The number of nitrogens with one attached hydrogen (secondary N) is 2. The Kier molecular flexibility index (Phi) is 11.4. The average Bonchev–Trinajstić information content (AvgIpc) is 3.53. The number of rotatable bonds is 13. The van der Waals surface area contributed by atoms with Crippen molar-refractivity contribution < 1.29 is 67.8 Å². The maximum atomic E-state index is 14.3. The van der Waals surface area contributed by atoms with E-state index in [0.717, 1.165) is 23.7 Å². The number of carboxylic acids is 1. The third-order valence-electron chi connectivity index (χ3n) is 7.18. The molecule has 0 unspecified atom stereocenters. The van der Waals surface area contributed by atoms with E-state index in [0.29, 0.717) is 0 Å². The van der Waals surface area contributed by atoms with Crippen LogP contribution in [0.2, 0.25) is 0 Å². The van der Waals surface area contributed by atoms with E-state index in [1.54, 1.807) is 0 Å². The van der Waals surface area contributed by atoms with E-state index < -0.39 is 96.5 Å². The van der Waals surface area contributed by atoms with E-state index >= 15 is 0 Å². The second kappa shape index (κ2) is 15.3. The van der Waals surface area contributed by atoms with E-state index in [1.807, 2.05) is 0 Å². The van der Waals surface area contributed by atoms with Crippen LogP contribution in [0.4, 0.5) is 25.0 Å². The molecule has 1 aliphatic rings. The lowest BCUT2D eigenvalue weighted by molar-refractivity contribution is -0.383. The summed E-state index contributed by atoms with van der Waals surface area (Å²) in [6.45, 7) is -0.453. The Bertz CT molecular complexity index is 1690. The monoisotopic (exact) mass is 696 g/mol. The van der Waals surface area contributed by atoms with Crippen LogP contribution in [0.1, 0.15) is 31.0 Å². The second-order valence-corrected chi connectivity index (χ2v) is 10.6. The number of aromatic nitrogens is 3. The van der Waals surface area contributed by atoms with Crippen LogP contribution >= 0.6 is 0 Å². The standard InChI is InChI=1S/C28H30F2N6O13/c1-13(38)31-22-19(39)9-28(26(42)43,49-24(22)23(41)20(40)11-37)48-21-7-6-15(8-16(21)25(29)30)35-10-14(33-34-35)12-47-27(44)32-17-4-2-3-5-18(17)36(45)46/h2-8,10,19-20,22-25,37,39-41H,9,11-12H2,1H3,(H,31,38)(H,32,44)(H,42,43)/t19-,20+,22+,23+,24+,28+/m0/s1. The van der Waals surface area contributed by atoms with Gasteiger partial charge in [0.25, 0.3) is 12.1 Å². The summed E-state index contributed by atoms with van der Waals surface area (Å²) in [6, 6.07) is 6.82. The highest BCUT2D eigenvalue weighted by Crippen LogP contribution is 2.39. The number of benzene rings is 2. The minimum Gasteiger partial charge on any atom is -0.476 e. The fraction of sp³-hybridized carbons (Fsp3) is 0.393. The lowest BCUT2D eigenvalue weighted by Crippen LogP contribution is -2.68. The summed E-state index contributed by atoms with van der Waals surface area (Å²) in [5.41, 5.74) is -1.37. The molecule has 264 valence electrons. The number of aliphatic hydroxyl groups is 4. The number of aliphatic hydroxyl groups excluding tert-OH is 4. The summed E-state index contributed by atoms with van der Waals surface area (Å²) in [5.74, 6) is -6.30. The first kappa shape index (κ1) is 36.5. The first-order valence-corrected chi connectivity index (χ1v) is 14.2. The Balaban J connectivity index is 1.54. The second-order valence-electron chi connectivity index (χ2n) is 10.6. The number of hydrogen-bond donors (Lipinski definition) is 7. The molecule has 0 spiro atoms. The Morgan fingerprint density at radius 2 is 1.94 bits per heavy atom. The van der Waals surface area contributed by atoms with Gasteiger partial charge in [-0.1, -0.05) is 17.3 Å². The molecule has 4 rings (SSSR count). The maximum absolute atomic E-state index is 14.3. The number of hydrogen-bond acceptors (Lipinski definition) is 14. The van der Waals surface area contributed by atoms with Gasteiger partial charge in [0.2, 0.25) is 5.91 Å². The van der Waals surface area contributed by atoms with Crippen LogP contribution in [0.5, 0.6) is 5.75 Å². The summed E-state index contributed by atoms with van der Waals surface area (Å²) in [5, 5.41) is 73.9. The van der Waals surface area contributed by atoms with Crippen LogP contribution in [-0.4, -0.2) is 106 Å². The van der Waals surface area contributed by atoms with Gasteiger partial charge in [-0.15, -0.1) is 5.10 Å². The number of nitro groups is 1. The van der Waals surface area contributed by atoms with Crippen LogP contribution in [0.25, 0.3) is 5.69 Å². The van der Waals surface area contributed by atoms with Crippen molar-refractivity contribution in [3.8, 4) is 11.4 Å². The molecule has 7 N–H and O–H groups in total. The molecule has 0 saturated carbocycles. The molecule has 2 heterocycles. The molecule has 49 heavy (non-hydrogen) atoms. The average molecular weight is 697 g/mol. The number of amides is 2. The molecule has 1 aromatic heterocycles. The lowest BCUT2D eigenvalue weighted by atomic mass is 9.88. The van der Waals surface area contributed by atoms with Gasteiger partial charge < -0.3 is 45.1 Å². The van der Waals surface area contributed by atoms with Gasteiger partial charge in [-0.25, -0.2) is 23.1 Å². The van der Waals surface area contributed by atoms with Crippen molar-refractivity contribution in [1.82, 2.24) is 20.3 Å². The van der Waals surface area contributed by atoms with Gasteiger partial charge in [0.15, 0.2) is 0 Å². The van der Waals surface area contributed by atoms with Gasteiger partial charge in [0.05, 0.1) is 47.5 Å². The number of para-hydroxylation sites is 2. The van der Waals surface area contributed by atoms with Crippen molar-refractivity contribution in [2.24, 2.45) is 0 Å². The summed E-state index contributed by atoms with van der Waals surface area (Å²) in [4.78, 5) is 46.8. The smallest absolute Gasteiger partial charge is 0.412 e. The number of nitrogens with zero attached hydrogens (tertiary/aromatic N) is 4. The van der Waals surface area contributed by atoms with E-state index in [2.05, 4.69) is 20.9 Å². The Hall–Kier alpha value is -5.35. The zero-order valence-electron chi connectivity index (χ0n) is 25.3. The van der Waals surface area contributed by atoms with Crippen molar-refractivity contribution in [2.75, 3.05) is 11.9 Å². The summed E-state index contributed by atoms with van der Waals surface area (Å²) in [6.07, 6.45) is -11.8. The number of aliphatic carboxylic acids is 1. The molecule has 0 aliphatic carbocycles. The summed E-state index contributed by atoms with van der Waals surface area (Å²) >= 11 is 0. The molecule has 6 atom stereocenters. The van der Waals surface area contributed by atoms with Crippen LogP contribution in [-0.2, 0) is 25.7 Å². The number of carboxylic acid groups (broad SMARTS) is 1. The van der Waals surface area contributed by atoms with Crippen LogP contribution in [0.3, 0.4) is 0 Å². The fourth-order valence-electron chi connectivity index (χ4n) is 4.87. The highest BCUT2D eigenvalue weighted by atomic mass is 19.3. The van der Waals surface area contributed by atoms with Gasteiger partial charge in [0, 0.05) is 13.0 Å². The van der Waals surface area contributed by atoms with Gasteiger partial charge >= 0.3 is 17.8 Å². The van der Waals surface area contributed by atoms with Gasteiger partial charge in [-0.05, 0) is 24.3 Å². The summed E-state index contributed by atoms with van der Waals surface area (Å²) in [7, 11) is 0. The number of ether oxygens (including phenoxy) is 3. The van der Waals surface area contributed by atoms with E-state index in [-0.39, 0.29) is 22.8 Å². The molecule has 0 radical (unpaired) electrons. The fourth-order valence-corrected chi connectivity index (χ4v) is 4.87. The molecule has 1 fully saturated rings. The van der Waals surface area contributed by atoms with Crippen molar-refractivity contribution in [1.29, 1.82) is 0 Å². The van der Waals surface area contributed by atoms with Crippen molar-refractivity contribution in [3.05, 3.63) is 70.0 Å². The highest BCUT2D eigenvalue weighted by Gasteiger charge is 2.57. The zero-order valence-corrected chi connectivity index (χ0v) is 25.3. The Morgan fingerprint density at radius 3 is 2.57 bits per heavy atom. The number of halogens is 2. The van der Waals surface area contributed by atoms with Gasteiger partial charge in [-0.3, -0.25) is 20.2 Å². The highest BCUT2D eigenvalue weighted by molar-refractivity contribution is 5.87. The Labute approximate surface area is 273 Å². The van der Waals surface area contributed by atoms with Crippen LogP contribution < -0.4 is 15.4 Å². The van der Waals surface area contributed by atoms with Crippen molar-refractivity contribution in [3.63, 3.8) is 0 Å². The SMILES string of the molecule is CC(=O)N[C@H]1[C@H]([C@H](O)[C@H](O)CO)O[C@@](Oc2ccc(-n3cc(COC(=O)Nc4ccccc4[N+](=O)[O-])nn3)cc2C(F)F)(C(=O)O)C[C@@H]1O. The normalized spacial score (nSPS) is 21.8. The van der Waals surface area contributed by atoms with Gasteiger partial charge in [-0.2, -0.15) is 0 Å². The van der Waals surface area contributed by atoms with Crippen LogP contribution in [0, 0.1) is 10.1 Å². The number of alkyl halides is 2. The Morgan fingerprint density at radius 1 is 1.22 bits per heavy atom. The quantitative estimate of drug-likeness (QED) is 0.0940. The lowest BCUT2D eigenvalue weighted by Gasteiger charge is -2.46. The number of anilines is 1.